The number of carbonyl (C=O) groups is 2. The molecule has 4 rings (SSSR count). The number of amides is 1. The number of aromatic nitrogens is 2. The normalized spacial score (nSPS) is 14.1. The summed E-state index contributed by atoms with van der Waals surface area (Å²) in [4.78, 5) is 36.2. The van der Waals surface area contributed by atoms with E-state index in [9.17, 15) is 9.59 Å². The number of fused-ring (bicyclic) bond motifs is 1. The molecule has 0 unspecified atom stereocenters. The van der Waals surface area contributed by atoms with Crippen LogP contribution in [0.1, 0.15) is 43.2 Å². The second-order valence-corrected chi connectivity index (χ2v) is 10.2. The summed E-state index contributed by atoms with van der Waals surface area (Å²) in [6.07, 6.45) is 2.14. The van der Waals surface area contributed by atoms with Crippen LogP contribution in [0.4, 0.5) is 10.8 Å². The van der Waals surface area contributed by atoms with Crippen molar-refractivity contribution >= 4 is 44.2 Å². The highest BCUT2D eigenvalue weighted by Gasteiger charge is 2.21. The van der Waals surface area contributed by atoms with Crippen LogP contribution in [0.5, 0.6) is 5.75 Å². The first-order valence-corrected chi connectivity index (χ1v) is 12.3. The molecule has 1 fully saturated rings. The Hall–Kier alpha value is -3.24. The van der Waals surface area contributed by atoms with Gasteiger partial charge in [-0.15, -0.1) is 0 Å². The monoisotopic (exact) mass is 498 g/mol. The van der Waals surface area contributed by atoms with E-state index < -0.39 is 5.60 Å². The molecule has 0 bridgehead atoms. The van der Waals surface area contributed by atoms with E-state index in [1.165, 1.54) is 11.3 Å². The molecule has 1 N–H and O–H groups in total. The van der Waals surface area contributed by atoms with Crippen LogP contribution < -0.4 is 15.0 Å². The smallest absolute Gasteiger partial charge is 0.306 e. The predicted molar refractivity (Wildman–Crippen MR) is 136 cm³/mol. The molecule has 1 saturated heterocycles. The van der Waals surface area contributed by atoms with Crippen molar-refractivity contribution in [3.63, 3.8) is 0 Å². The quantitative estimate of drug-likeness (QED) is 0.487. The van der Waals surface area contributed by atoms with Crippen LogP contribution in [0, 0.1) is 0 Å². The van der Waals surface area contributed by atoms with Gasteiger partial charge < -0.3 is 19.1 Å². The summed E-state index contributed by atoms with van der Waals surface area (Å²) in [5.74, 6) is 0.0626. The fourth-order valence-corrected chi connectivity index (χ4v) is 4.81. The number of benzene rings is 1. The molecule has 0 saturated carbocycles. The molecule has 0 atom stereocenters. The fraction of sp³-hybridized carbons (Fsp3) is 0.440. The van der Waals surface area contributed by atoms with E-state index in [1.54, 1.807) is 25.4 Å². The molecule has 1 aliphatic rings. The van der Waals surface area contributed by atoms with Crippen molar-refractivity contribution in [2.75, 3.05) is 43.6 Å². The maximum Gasteiger partial charge on any atom is 0.306 e. The van der Waals surface area contributed by atoms with Crippen LogP contribution in [-0.4, -0.2) is 60.9 Å². The number of morpholine rings is 1. The summed E-state index contributed by atoms with van der Waals surface area (Å²) < 4.78 is 17.3. The number of carbonyl (C=O) groups excluding carboxylic acids is 2. The SMILES string of the molecule is COc1ccc(N2CCOCC2)c2sc(NC(=O)c3ccnc(CCC(=O)OC(C)(C)C)c3)nc12. The number of pyridine rings is 1. The molecule has 0 aliphatic carbocycles. The molecule has 1 amide bonds. The van der Waals surface area contributed by atoms with Crippen molar-refractivity contribution in [1.29, 1.82) is 0 Å². The average molecular weight is 499 g/mol. The van der Waals surface area contributed by atoms with Gasteiger partial charge in [0, 0.05) is 37.0 Å². The Morgan fingerprint density at radius 1 is 1.20 bits per heavy atom. The van der Waals surface area contributed by atoms with Crippen LogP contribution in [0.25, 0.3) is 10.2 Å². The number of rotatable bonds is 7. The minimum Gasteiger partial charge on any atom is -0.494 e. The van der Waals surface area contributed by atoms with Gasteiger partial charge in [0.25, 0.3) is 5.91 Å². The molecule has 1 aliphatic heterocycles. The molecule has 186 valence electrons. The number of hydrogen-bond acceptors (Lipinski definition) is 9. The van der Waals surface area contributed by atoms with Gasteiger partial charge in [0.05, 0.1) is 37.1 Å². The number of methoxy groups -OCH3 is 1. The largest absolute Gasteiger partial charge is 0.494 e. The Bertz CT molecular complexity index is 1210. The van der Waals surface area contributed by atoms with Gasteiger partial charge >= 0.3 is 5.97 Å². The number of nitrogens with zero attached hydrogens (tertiary/aromatic N) is 3. The first kappa shape index (κ1) is 24.9. The van der Waals surface area contributed by atoms with Crippen LogP contribution in [0.15, 0.2) is 30.5 Å². The standard InChI is InChI=1S/C25H30N4O5S/c1-25(2,3)34-20(30)8-5-17-15-16(9-10-26-17)23(31)28-24-27-21-19(32-4)7-6-18(22(21)35-24)29-11-13-33-14-12-29/h6-7,9-10,15H,5,8,11-14H2,1-4H3,(H,27,28,31). The van der Waals surface area contributed by atoms with E-state index in [0.29, 0.717) is 47.3 Å². The topological polar surface area (TPSA) is 103 Å². The number of ether oxygens (including phenoxy) is 3. The lowest BCUT2D eigenvalue weighted by atomic mass is 10.1. The van der Waals surface area contributed by atoms with Crippen molar-refractivity contribution in [2.45, 2.75) is 39.2 Å². The third-order valence-electron chi connectivity index (χ3n) is 5.36. The van der Waals surface area contributed by atoms with Crippen LogP contribution in [-0.2, 0) is 20.7 Å². The molecule has 0 spiro atoms. The zero-order valence-corrected chi connectivity index (χ0v) is 21.2. The van der Waals surface area contributed by atoms with Gasteiger partial charge in [0.1, 0.15) is 16.9 Å². The molecule has 35 heavy (non-hydrogen) atoms. The first-order chi connectivity index (χ1) is 16.7. The lowest BCUT2D eigenvalue weighted by molar-refractivity contribution is -0.154. The van der Waals surface area contributed by atoms with Gasteiger partial charge in [0.2, 0.25) is 0 Å². The second-order valence-electron chi connectivity index (χ2n) is 9.16. The highest BCUT2D eigenvalue weighted by atomic mass is 32.1. The Kier molecular flexibility index (Phi) is 7.51. The molecule has 3 aromatic rings. The Labute approximate surface area is 208 Å². The summed E-state index contributed by atoms with van der Waals surface area (Å²) in [5.41, 5.74) is 2.32. The van der Waals surface area contributed by atoms with Crippen molar-refractivity contribution in [2.24, 2.45) is 0 Å². The first-order valence-electron chi connectivity index (χ1n) is 11.5. The van der Waals surface area contributed by atoms with E-state index in [4.69, 9.17) is 14.2 Å². The summed E-state index contributed by atoms with van der Waals surface area (Å²) in [6.45, 7) is 8.43. The minimum atomic E-state index is -0.534. The van der Waals surface area contributed by atoms with Crippen LogP contribution in [0.2, 0.25) is 0 Å². The minimum absolute atomic E-state index is 0.192. The molecular formula is C25H30N4O5S. The predicted octanol–water partition coefficient (Wildman–Crippen LogP) is 4.06. The van der Waals surface area contributed by atoms with E-state index in [2.05, 4.69) is 20.2 Å². The number of nitrogens with one attached hydrogen (secondary N) is 1. The Morgan fingerprint density at radius 3 is 2.69 bits per heavy atom. The molecule has 10 heteroatoms. The fourth-order valence-electron chi connectivity index (χ4n) is 3.79. The molecule has 9 nitrogen and oxygen atoms in total. The zero-order valence-electron chi connectivity index (χ0n) is 20.4. The van der Waals surface area contributed by atoms with Gasteiger partial charge in [-0.25, -0.2) is 4.98 Å². The number of anilines is 2. The van der Waals surface area contributed by atoms with Gasteiger partial charge in [-0.1, -0.05) is 11.3 Å². The van der Waals surface area contributed by atoms with Crippen molar-refractivity contribution < 1.29 is 23.8 Å². The average Bonchev–Trinajstić information content (AvgIpc) is 3.25. The molecule has 3 heterocycles. The number of hydrogen-bond donors (Lipinski definition) is 1. The number of esters is 1. The maximum absolute atomic E-state index is 13.0. The van der Waals surface area contributed by atoms with E-state index in [-0.39, 0.29) is 18.3 Å². The van der Waals surface area contributed by atoms with Gasteiger partial charge in [-0.05, 0) is 45.0 Å². The highest BCUT2D eigenvalue weighted by molar-refractivity contribution is 7.23. The lowest BCUT2D eigenvalue weighted by Gasteiger charge is -2.29. The van der Waals surface area contributed by atoms with Gasteiger partial charge in [-0.2, -0.15) is 0 Å². The molecule has 0 radical (unpaired) electrons. The van der Waals surface area contributed by atoms with Crippen LogP contribution in [0.3, 0.4) is 0 Å². The van der Waals surface area contributed by atoms with Crippen molar-refractivity contribution in [3.8, 4) is 5.75 Å². The molecular weight excluding hydrogens is 468 g/mol. The maximum atomic E-state index is 13.0. The lowest BCUT2D eigenvalue weighted by Crippen LogP contribution is -2.36. The Morgan fingerprint density at radius 2 is 1.97 bits per heavy atom. The second kappa shape index (κ2) is 10.6. The summed E-state index contributed by atoms with van der Waals surface area (Å²) in [7, 11) is 1.61. The third-order valence-corrected chi connectivity index (χ3v) is 6.36. The Balaban J connectivity index is 1.49. The van der Waals surface area contributed by atoms with Crippen molar-refractivity contribution in [3.05, 3.63) is 41.7 Å². The van der Waals surface area contributed by atoms with Gasteiger partial charge in [0.15, 0.2) is 5.13 Å². The van der Waals surface area contributed by atoms with Crippen molar-refractivity contribution in [1.82, 2.24) is 9.97 Å². The summed E-state index contributed by atoms with van der Waals surface area (Å²) in [5, 5.41) is 3.39. The number of aryl methyl sites for hydroxylation is 1. The summed E-state index contributed by atoms with van der Waals surface area (Å²) >= 11 is 1.41. The molecule has 2 aromatic heterocycles. The van der Waals surface area contributed by atoms with E-state index >= 15 is 0 Å². The van der Waals surface area contributed by atoms with E-state index in [0.717, 1.165) is 23.5 Å². The number of thiazole rings is 1. The van der Waals surface area contributed by atoms with Crippen LogP contribution >= 0.6 is 11.3 Å². The zero-order chi connectivity index (χ0) is 25.0. The third kappa shape index (κ3) is 6.26. The highest BCUT2D eigenvalue weighted by Crippen LogP contribution is 2.39. The molecule has 1 aromatic carbocycles. The summed E-state index contributed by atoms with van der Waals surface area (Å²) in [6, 6.07) is 7.25. The van der Waals surface area contributed by atoms with Gasteiger partial charge in [-0.3, -0.25) is 19.9 Å². The van der Waals surface area contributed by atoms with E-state index in [1.807, 2.05) is 32.9 Å².